The summed E-state index contributed by atoms with van der Waals surface area (Å²) in [7, 11) is 1.71. The van der Waals surface area contributed by atoms with Crippen LogP contribution >= 0.6 is 0 Å². The van der Waals surface area contributed by atoms with Gasteiger partial charge in [-0.25, -0.2) is 0 Å². The fourth-order valence-electron chi connectivity index (χ4n) is 1.77. The maximum atomic E-state index is 11.8. The fraction of sp³-hybridized carbons (Fsp3) is 0.429. The molecule has 0 N–H and O–H groups in total. The molecule has 92 valence electrons. The Morgan fingerprint density at radius 2 is 1.59 bits per heavy atom. The molecular formula is C14H19NO2. The summed E-state index contributed by atoms with van der Waals surface area (Å²) in [6, 6.07) is 4.05. The van der Waals surface area contributed by atoms with Gasteiger partial charge in [-0.3, -0.25) is 9.59 Å². The second-order valence-electron chi connectivity index (χ2n) is 4.55. The van der Waals surface area contributed by atoms with Gasteiger partial charge in [-0.15, -0.1) is 0 Å². The van der Waals surface area contributed by atoms with Crippen molar-refractivity contribution in [1.29, 1.82) is 0 Å². The molecule has 17 heavy (non-hydrogen) atoms. The van der Waals surface area contributed by atoms with Crippen LogP contribution in [-0.4, -0.2) is 18.7 Å². The Labute approximate surface area is 102 Å². The number of ketones is 1. The summed E-state index contributed by atoms with van der Waals surface area (Å²) in [4.78, 5) is 24.3. The first-order valence-electron chi connectivity index (χ1n) is 5.66. The minimum atomic E-state index is -0.163. The first-order valence-corrected chi connectivity index (χ1v) is 5.66. The quantitative estimate of drug-likeness (QED) is 0.752. The minimum absolute atomic E-state index is 0.0388. The number of Topliss-reactive ketones (excluding diaryl/α,β-unsaturated/α-hetero) is 1. The van der Waals surface area contributed by atoms with Crippen LogP contribution in [0.2, 0.25) is 0 Å². The summed E-state index contributed by atoms with van der Waals surface area (Å²) >= 11 is 0. The third-order valence-corrected chi connectivity index (χ3v) is 2.95. The molecule has 0 aliphatic carbocycles. The molecule has 0 bridgehead atoms. The first-order chi connectivity index (χ1) is 7.82. The van der Waals surface area contributed by atoms with E-state index in [0.717, 1.165) is 16.8 Å². The molecule has 0 fully saturated rings. The van der Waals surface area contributed by atoms with E-state index in [4.69, 9.17) is 0 Å². The lowest BCUT2D eigenvalue weighted by atomic mass is 10.0. The van der Waals surface area contributed by atoms with Crippen molar-refractivity contribution in [2.75, 3.05) is 11.9 Å². The Balaban J connectivity index is 3.04. The molecule has 3 heteroatoms. The highest BCUT2D eigenvalue weighted by atomic mass is 16.2. The van der Waals surface area contributed by atoms with Crippen molar-refractivity contribution in [2.24, 2.45) is 0 Å². The molecule has 0 atom stereocenters. The lowest BCUT2D eigenvalue weighted by molar-refractivity contribution is -0.125. The van der Waals surface area contributed by atoms with Gasteiger partial charge in [0.15, 0.2) is 0 Å². The van der Waals surface area contributed by atoms with E-state index in [0.29, 0.717) is 0 Å². The highest BCUT2D eigenvalue weighted by Crippen LogP contribution is 2.23. The van der Waals surface area contributed by atoms with E-state index in [1.54, 1.807) is 11.9 Å². The summed E-state index contributed by atoms with van der Waals surface area (Å²) in [5.41, 5.74) is 4.28. The van der Waals surface area contributed by atoms with Gasteiger partial charge in [0, 0.05) is 12.7 Å². The molecule has 1 aromatic rings. The van der Waals surface area contributed by atoms with Crippen LogP contribution in [0.5, 0.6) is 0 Å². The number of hydrogen-bond acceptors (Lipinski definition) is 2. The summed E-state index contributed by atoms with van der Waals surface area (Å²) in [6.07, 6.45) is -0.0388. The molecule has 1 aromatic carbocycles. The Morgan fingerprint density at radius 1 is 1.06 bits per heavy atom. The number of nitrogens with zero attached hydrogens (tertiary/aromatic N) is 1. The Bertz CT molecular complexity index is 464. The maximum absolute atomic E-state index is 11.8. The van der Waals surface area contributed by atoms with Gasteiger partial charge in [-0.2, -0.15) is 0 Å². The van der Waals surface area contributed by atoms with Crippen LogP contribution in [0.3, 0.4) is 0 Å². The van der Waals surface area contributed by atoms with Crippen molar-refractivity contribution in [1.82, 2.24) is 0 Å². The summed E-state index contributed by atoms with van der Waals surface area (Å²) in [5.74, 6) is -0.271. The van der Waals surface area contributed by atoms with Gasteiger partial charge in [0.25, 0.3) is 0 Å². The largest absolute Gasteiger partial charge is 0.315 e. The molecule has 0 aliphatic rings. The van der Waals surface area contributed by atoms with Crippen LogP contribution in [0.1, 0.15) is 30.0 Å². The zero-order valence-corrected chi connectivity index (χ0v) is 11.1. The number of amides is 1. The van der Waals surface area contributed by atoms with Gasteiger partial charge < -0.3 is 4.90 Å². The molecule has 3 nitrogen and oxygen atoms in total. The van der Waals surface area contributed by atoms with Crippen LogP contribution in [0.25, 0.3) is 0 Å². The number of carbonyl (C=O) groups excluding carboxylic acids is 2. The fourth-order valence-corrected chi connectivity index (χ4v) is 1.77. The van der Waals surface area contributed by atoms with Crippen molar-refractivity contribution in [3.05, 3.63) is 28.8 Å². The van der Waals surface area contributed by atoms with Gasteiger partial charge in [0.1, 0.15) is 5.78 Å². The van der Waals surface area contributed by atoms with Crippen LogP contribution in [0, 0.1) is 20.8 Å². The van der Waals surface area contributed by atoms with Crippen molar-refractivity contribution >= 4 is 17.4 Å². The predicted octanol–water partition coefficient (Wildman–Crippen LogP) is 2.55. The third-order valence-electron chi connectivity index (χ3n) is 2.95. The van der Waals surface area contributed by atoms with E-state index >= 15 is 0 Å². The number of carbonyl (C=O) groups is 2. The van der Waals surface area contributed by atoms with Crippen LogP contribution in [0.15, 0.2) is 12.1 Å². The van der Waals surface area contributed by atoms with Crippen molar-refractivity contribution in [3.8, 4) is 0 Å². The molecular weight excluding hydrogens is 214 g/mol. The molecule has 1 rings (SSSR count). The normalized spacial score (nSPS) is 10.2. The van der Waals surface area contributed by atoms with Crippen LogP contribution < -0.4 is 4.90 Å². The van der Waals surface area contributed by atoms with Crippen LogP contribution in [-0.2, 0) is 9.59 Å². The Morgan fingerprint density at radius 3 is 2.12 bits per heavy atom. The molecule has 0 radical (unpaired) electrons. The van der Waals surface area contributed by atoms with E-state index in [-0.39, 0.29) is 18.1 Å². The van der Waals surface area contributed by atoms with Crippen LogP contribution in [0.4, 0.5) is 5.69 Å². The monoisotopic (exact) mass is 233 g/mol. The van der Waals surface area contributed by atoms with E-state index < -0.39 is 0 Å². The highest BCUT2D eigenvalue weighted by Gasteiger charge is 2.15. The standard InChI is InChI=1S/C14H19NO2/c1-9-6-11(3)13(7-10(9)2)15(5)14(17)8-12(4)16/h6-7H,8H2,1-5H3. The summed E-state index contributed by atoms with van der Waals surface area (Å²) in [5, 5.41) is 0. The third kappa shape index (κ3) is 3.16. The predicted molar refractivity (Wildman–Crippen MR) is 69.4 cm³/mol. The van der Waals surface area contributed by atoms with Crippen molar-refractivity contribution in [2.45, 2.75) is 34.1 Å². The minimum Gasteiger partial charge on any atom is -0.315 e. The molecule has 0 heterocycles. The second-order valence-corrected chi connectivity index (χ2v) is 4.55. The molecule has 0 unspecified atom stereocenters. The molecule has 0 saturated carbocycles. The van der Waals surface area contributed by atoms with Crippen molar-refractivity contribution in [3.63, 3.8) is 0 Å². The smallest absolute Gasteiger partial charge is 0.234 e. The number of rotatable bonds is 3. The van der Waals surface area contributed by atoms with Gasteiger partial charge >= 0.3 is 0 Å². The number of anilines is 1. The average Bonchev–Trinajstić information content (AvgIpc) is 2.21. The number of benzene rings is 1. The second kappa shape index (κ2) is 5.13. The van der Waals surface area contributed by atoms with Gasteiger partial charge in [0.05, 0.1) is 6.42 Å². The first kappa shape index (κ1) is 13.4. The lowest BCUT2D eigenvalue weighted by Gasteiger charge is -2.20. The summed E-state index contributed by atoms with van der Waals surface area (Å²) < 4.78 is 0. The SMILES string of the molecule is CC(=O)CC(=O)N(C)c1cc(C)c(C)cc1C. The van der Waals surface area contributed by atoms with Crippen molar-refractivity contribution < 1.29 is 9.59 Å². The maximum Gasteiger partial charge on any atom is 0.234 e. The van der Waals surface area contributed by atoms with E-state index in [9.17, 15) is 9.59 Å². The van der Waals surface area contributed by atoms with E-state index in [1.807, 2.05) is 26.8 Å². The van der Waals surface area contributed by atoms with E-state index in [1.165, 1.54) is 12.5 Å². The molecule has 0 spiro atoms. The Kier molecular flexibility index (Phi) is 4.05. The zero-order chi connectivity index (χ0) is 13.2. The number of aryl methyl sites for hydroxylation is 3. The lowest BCUT2D eigenvalue weighted by Crippen LogP contribution is -2.28. The molecule has 0 aliphatic heterocycles. The van der Waals surface area contributed by atoms with Gasteiger partial charge in [0.2, 0.25) is 5.91 Å². The molecule has 1 amide bonds. The van der Waals surface area contributed by atoms with Gasteiger partial charge in [-0.1, -0.05) is 6.07 Å². The average molecular weight is 233 g/mol. The number of hydrogen-bond donors (Lipinski definition) is 0. The topological polar surface area (TPSA) is 37.4 Å². The Hall–Kier alpha value is -1.64. The highest BCUT2D eigenvalue weighted by molar-refractivity contribution is 6.05. The van der Waals surface area contributed by atoms with E-state index in [2.05, 4.69) is 6.07 Å². The zero-order valence-electron chi connectivity index (χ0n) is 11.1. The summed E-state index contributed by atoms with van der Waals surface area (Å²) in [6.45, 7) is 7.46. The van der Waals surface area contributed by atoms with Gasteiger partial charge in [-0.05, 0) is 50.5 Å². The molecule has 0 saturated heterocycles. The molecule has 0 aromatic heterocycles.